The highest BCUT2D eigenvalue weighted by molar-refractivity contribution is 5.92. The Morgan fingerprint density at radius 2 is 1.83 bits per heavy atom. The Morgan fingerprint density at radius 1 is 1.14 bits per heavy atom. The lowest BCUT2D eigenvalue weighted by Crippen LogP contribution is -2.48. The molecule has 3 aromatic rings. The van der Waals surface area contributed by atoms with Crippen molar-refractivity contribution in [2.45, 2.75) is 39.7 Å². The molecule has 0 saturated heterocycles. The van der Waals surface area contributed by atoms with Crippen LogP contribution in [0.3, 0.4) is 0 Å². The number of fused-ring (bicyclic) bond motifs is 1. The molecule has 0 aliphatic heterocycles. The lowest BCUT2D eigenvalue weighted by molar-refractivity contribution is -0.128. The maximum Gasteiger partial charge on any atom is 0.240 e. The summed E-state index contributed by atoms with van der Waals surface area (Å²) in [5.74, 6) is -0.291. The Balaban J connectivity index is 2.04. The summed E-state index contributed by atoms with van der Waals surface area (Å²) in [6, 6.07) is 9.73. The first-order valence-corrected chi connectivity index (χ1v) is 9.52. The van der Waals surface area contributed by atoms with Crippen LogP contribution in [0.4, 0.5) is 0 Å². The SMILES string of the molecule is CCC(C)C(NC(=O)Cc1c(-c2ccccc2)oc2c(=O)cc(C)oc12)C(N)=O. The maximum absolute atomic E-state index is 12.8. The van der Waals surface area contributed by atoms with Gasteiger partial charge in [0.2, 0.25) is 22.8 Å². The number of nitrogens with two attached hydrogens (primary N) is 1. The van der Waals surface area contributed by atoms with Crippen molar-refractivity contribution >= 4 is 23.0 Å². The van der Waals surface area contributed by atoms with Crippen LogP contribution in [0.1, 0.15) is 31.6 Å². The van der Waals surface area contributed by atoms with Crippen LogP contribution in [0.5, 0.6) is 0 Å². The molecule has 0 aliphatic carbocycles. The number of carbonyl (C=O) groups is 2. The molecule has 152 valence electrons. The minimum absolute atomic E-state index is 0.0608. The number of carbonyl (C=O) groups excluding carboxylic acids is 2. The van der Waals surface area contributed by atoms with Gasteiger partial charge < -0.3 is 19.9 Å². The van der Waals surface area contributed by atoms with Crippen LogP contribution in [-0.2, 0) is 16.0 Å². The van der Waals surface area contributed by atoms with E-state index >= 15 is 0 Å². The lowest BCUT2D eigenvalue weighted by atomic mass is 9.98. The zero-order valence-corrected chi connectivity index (χ0v) is 16.7. The molecular formula is C22H24N2O5. The molecule has 2 amide bonds. The molecule has 0 aliphatic rings. The summed E-state index contributed by atoms with van der Waals surface area (Å²) in [5, 5.41) is 2.70. The van der Waals surface area contributed by atoms with Crippen LogP contribution in [0, 0.1) is 12.8 Å². The summed E-state index contributed by atoms with van der Waals surface area (Å²) in [6.45, 7) is 5.42. The smallest absolute Gasteiger partial charge is 0.240 e. The Bertz CT molecular complexity index is 1100. The topological polar surface area (TPSA) is 116 Å². The third kappa shape index (κ3) is 4.23. The lowest BCUT2D eigenvalue weighted by Gasteiger charge is -2.21. The highest BCUT2D eigenvalue weighted by Gasteiger charge is 2.27. The predicted molar refractivity (Wildman–Crippen MR) is 109 cm³/mol. The molecule has 0 spiro atoms. The van der Waals surface area contributed by atoms with E-state index in [0.29, 0.717) is 29.1 Å². The van der Waals surface area contributed by atoms with Crippen LogP contribution >= 0.6 is 0 Å². The van der Waals surface area contributed by atoms with Gasteiger partial charge in [0.15, 0.2) is 5.58 Å². The quantitative estimate of drug-likeness (QED) is 0.637. The van der Waals surface area contributed by atoms with E-state index in [4.69, 9.17) is 14.6 Å². The van der Waals surface area contributed by atoms with E-state index in [1.54, 1.807) is 6.92 Å². The van der Waals surface area contributed by atoms with E-state index in [2.05, 4.69) is 5.32 Å². The second kappa shape index (κ2) is 8.34. The molecule has 2 aromatic heterocycles. The summed E-state index contributed by atoms with van der Waals surface area (Å²) in [7, 11) is 0. The number of aryl methyl sites for hydroxylation is 1. The largest absolute Gasteiger partial charge is 0.457 e. The van der Waals surface area contributed by atoms with E-state index in [9.17, 15) is 14.4 Å². The van der Waals surface area contributed by atoms with Crippen LogP contribution in [-0.4, -0.2) is 17.9 Å². The van der Waals surface area contributed by atoms with Crippen molar-refractivity contribution in [1.82, 2.24) is 5.32 Å². The van der Waals surface area contributed by atoms with E-state index in [0.717, 1.165) is 0 Å². The number of hydrogen-bond donors (Lipinski definition) is 2. The molecule has 1 aromatic carbocycles. The number of rotatable bonds is 7. The molecule has 0 fully saturated rings. The molecule has 7 heteroatoms. The van der Waals surface area contributed by atoms with Gasteiger partial charge in [0.25, 0.3) is 0 Å². The molecule has 3 N–H and O–H groups in total. The zero-order chi connectivity index (χ0) is 21.1. The molecule has 2 unspecified atom stereocenters. The number of amides is 2. The van der Waals surface area contributed by atoms with E-state index in [1.165, 1.54) is 6.07 Å². The minimum atomic E-state index is -0.778. The third-order valence-electron chi connectivity index (χ3n) is 4.99. The van der Waals surface area contributed by atoms with E-state index in [1.807, 2.05) is 44.2 Å². The van der Waals surface area contributed by atoms with Gasteiger partial charge in [-0.2, -0.15) is 0 Å². The normalized spacial score (nSPS) is 13.2. The first-order valence-electron chi connectivity index (χ1n) is 9.52. The average molecular weight is 396 g/mol. The second-order valence-corrected chi connectivity index (χ2v) is 7.17. The standard InChI is InChI=1S/C22H24N2O5/c1-4-12(2)18(22(23)27)24-17(26)11-15-19(14-8-6-5-7-9-14)29-21-16(25)10-13(3)28-20(15)21/h5-10,12,18H,4,11H2,1-3H3,(H2,23,27)(H,24,26). The highest BCUT2D eigenvalue weighted by Crippen LogP contribution is 2.33. The van der Waals surface area contributed by atoms with Crippen LogP contribution < -0.4 is 16.5 Å². The number of furan rings is 1. The first-order chi connectivity index (χ1) is 13.8. The molecular weight excluding hydrogens is 372 g/mol. The van der Waals surface area contributed by atoms with Gasteiger partial charge in [-0.15, -0.1) is 0 Å². The summed E-state index contributed by atoms with van der Waals surface area (Å²) >= 11 is 0. The molecule has 29 heavy (non-hydrogen) atoms. The predicted octanol–water partition coefficient (Wildman–Crippen LogP) is 2.92. The first kappa shape index (κ1) is 20.4. The molecule has 0 bridgehead atoms. The van der Waals surface area contributed by atoms with Crippen molar-refractivity contribution in [3.05, 3.63) is 57.9 Å². The highest BCUT2D eigenvalue weighted by atomic mass is 16.4. The van der Waals surface area contributed by atoms with Crippen molar-refractivity contribution in [2.24, 2.45) is 11.7 Å². The van der Waals surface area contributed by atoms with Gasteiger partial charge in [-0.25, -0.2) is 0 Å². The number of nitrogens with one attached hydrogen (secondary N) is 1. The number of primary amides is 1. The van der Waals surface area contributed by atoms with Crippen LogP contribution in [0.2, 0.25) is 0 Å². The van der Waals surface area contributed by atoms with Crippen molar-refractivity contribution < 1.29 is 18.4 Å². The second-order valence-electron chi connectivity index (χ2n) is 7.17. The maximum atomic E-state index is 12.8. The Kier molecular flexibility index (Phi) is 5.87. The van der Waals surface area contributed by atoms with Gasteiger partial charge in [-0.05, 0) is 12.8 Å². The molecule has 0 saturated carbocycles. The summed E-state index contributed by atoms with van der Waals surface area (Å²) in [6.07, 6.45) is 0.565. The zero-order valence-electron chi connectivity index (χ0n) is 16.7. The monoisotopic (exact) mass is 396 g/mol. The molecule has 0 radical (unpaired) electrons. The fourth-order valence-electron chi connectivity index (χ4n) is 3.26. The number of hydrogen-bond acceptors (Lipinski definition) is 5. The Morgan fingerprint density at radius 3 is 2.45 bits per heavy atom. The van der Waals surface area contributed by atoms with Crippen molar-refractivity contribution in [2.75, 3.05) is 0 Å². The van der Waals surface area contributed by atoms with E-state index < -0.39 is 17.9 Å². The molecule has 7 nitrogen and oxygen atoms in total. The summed E-state index contributed by atoms with van der Waals surface area (Å²) in [4.78, 5) is 36.9. The minimum Gasteiger partial charge on any atom is -0.457 e. The Labute approximate surface area is 167 Å². The van der Waals surface area contributed by atoms with Crippen LogP contribution in [0.25, 0.3) is 22.5 Å². The van der Waals surface area contributed by atoms with E-state index in [-0.39, 0.29) is 28.9 Å². The van der Waals surface area contributed by atoms with Crippen molar-refractivity contribution in [3.8, 4) is 11.3 Å². The van der Waals surface area contributed by atoms with Gasteiger partial charge in [0.1, 0.15) is 17.6 Å². The van der Waals surface area contributed by atoms with Gasteiger partial charge in [0, 0.05) is 11.6 Å². The molecule has 3 rings (SSSR count). The van der Waals surface area contributed by atoms with Gasteiger partial charge in [0.05, 0.1) is 12.0 Å². The fourth-order valence-corrected chi connectivity index (χ4v) is 3.26. The third-order valence-corrected chi connectivity index (χ3v) is 4.99. The van der Waals surface area contributed by atoms with Gasteiger partial charge in [-0.1, -0.05) is 50.6 Å². The van der Waals surface area contributed by atoms with Gasteiger partial charge in [-0.3, -0.25) is 14.4 Å². The summed E-state index contributed by atoms with van der Waals surface area (Å²) in [5.41, 5.74) is 6.61. The van der Waals surface area contributed by atoms with Crippen molar-refractivity contribution in [1.29, 1.82) is 0 Å². The average Bonchev–Trinajstić information content (AvgIpc) is 3.04. The van der Waals surface area contributed by atoms with Crippen molar-refractivity contribution in [3.63, 3.8) is 0 Å². The molecule has 2 heterocycles. The van der Waals surface area contributed by atoms with Gasteiger partial charge >= 0.3 is 0 Å². The fraction of sp³-hybridized carbons (Fsp3) is 0.318. The Hall–Kier alpha value is -3.35. The van der Waals surface area contributed by atoms with Crippen LogP contribution in [0.15, 0.2) is 50.0 Å². The number of benzene rings is 1. The summed E-state index contributed by atoms with van der Waals surface area (Å²) < 4.78 is 11.5. The molecule has 2 atom stereocenters.